The molecular weight excluding hydrogens is 286 g/mol. The minimum Gasteiger partial charge on any atom is -0.350 e. The van der Waals surface area contributed by atoms with Gasteiger partial charge >= 0.3 is 0 Å². The standard InChI is InChI=1S/C14H17N5O3/c1-10(8-15)9-16-14(20)13-5-6-18(17-13)11-3-2-4-12(7-11)19(21)22/h2-7,10H,8-9,15H2,1H3,(H,16,20). The maximum atomic E-state index is 11.9. The number of benzene rings is 1. The Morgan fingerprint density at radius 2 is 2.27 bits per heavy atom. The van der Waals surface area contributed by atoms with Gasteiger partial charge in [0, 0.05) is 24.9 Å². The largest absolute Gasteiger partial charge is 0.350 e. The van der Waals surface area contributed by atoms with Gasteiger partial charge in [0.05, 0.1) is 10.6 Å². The van der Waals surface area contributed by atoms with Crippen LogP contribution in [0.4, 0.5) is 5.69 Å². The number of aromatic nitrogens is 2. The summed E-state index contributed by atoms with van der Waals surface area (Å²) in [5.74, 6) is -0.118. The van der Waals surface area contributed by atoms with Crippen molar-refractivity contribution in [2.45, 2.75) is 6.92 Å². The molecule has 8 heteroatoms. The normalized spacial score (nSPS) is 11.9. The van der Waals surface area contributed by atoms with Crippen molar-refractivity contribution in [1.29, 1.82) is 0 Å². The predicted octanol–water partition coefficient (Wildman–Crippen LogP) is 1.11. The van der Waals surface area contributed by atoms with Crippen molar-refractivity contribution in [2.24, 2.45) is 11.7 Å². The van der Waals surface area contributed by atoms with Crippen LogP contribution in [0, 0.1) is 16.0 Å². The molecule has 0 radical (unpaired) electrons. The van der Waals surface area contributed by atoms with E-state index in [4.69, 9.17) is 5.73 Å². The van der Waals surface area contributed by atoms with Crippen LogP contribution in [-0.2, 0) is 0 Å². The number of carbonyl (C=O) groups is 1. The van der Waals surface area contributed by atoms with Crippen molar-refractivity contribution in [3.8, 4) is 5.69 Å². The SMILES string of the molecule is CC(CN)CNC(=O)c1ccn(-c2cccc([N+](=O)[O-])c2)n1. The molecule has 3 N–H and O–H groups in total. The zero-order valence-electron chi connectivity index (χ0n) is 12.1. The molecule has 0 saturated carbocycles. The number of nitro benzene ring substituents is 1. The van der Waals surface area contributed by atoms with Gasteiger partial charge in [-0.3, -0.25) is 14.9 Å². The lowest BCUT2D eigenvalue weighted by atomic mass is 10.2. The fraction of sp³-hybridized carbons (Fsp3) is 0.286. The first-order chi connectivity index (χ1) is 10.5. The summed E-state index contributed by atoms with van der Waals surface area (Å²) in [5, 5.41) is 17.7. The van der Waals surface area contributed by atoms with Crippen LogP contribution in [0.5, 0.6) is 0 Å². The molecule has 0 saturated heterocycles. The molecular formula is C14H17N5O3. The monoisotopic (exact) mass is 303 g/mol. The van der Waals surface area contributed by atoms with Gasteiger partial charge in [0.25, 0.3) is 11.6 Å². The fourth-order valence-corrected chi connectivity index (χ4v) is 1.78. The Morgan fingerprint density at radius 3 is 2.95 bits per heavy atom. The first kappa shape index (κ1) is 15.6. The molecule has 1 heterocycles. The smallest absolute Gasteiger partial charge is 0.271 e. The van der Waals surface area contributed by atoms with Crippen molar-refractivity contribution >= 4 is 11.6 Å². The van der Waals surface area contributed by atoms with Gasteiger partial charge in [-0.25, -0.2) is 4.68 Å². The van der Waals surface area contributed by atoms with Gasteiger partial charge in [0.1, 0.15) is 0 Å². The number of non-ortho nitro benzene ring substituents is 1. The molecule has 116 valence electrons. The van der Waals surface area contributed by atoms with Crippen LogP contribution in [0.3, 0.4) is 0 Å². The molecule has 0 aliphatic carbocycles. The highest BCUT2D eigenvalue weighted by Gasteiger charge is 2.12. The third kappa shape index (κ3) is 3.67. The molecule has 8 nitrogen and oxygen atoms in total. The summed E-state index contributed by atoms with van der Waals surface area (Å²) in [5.41, 5.74) is 6.22. The van der Waals surface area contributed by atoms with E-state index < -0.39 is 4.92 Å². The number of nitrogens with zero attached hydrogens (tertiary/aromatic N) is 3. The van der Waals surface area contributed by atoms with Crippen molar-refractivity contribution in [2.75, 3.05) is 13.1 Å². The quantitative estimate of drug-likeness (QED) is 0.612. The van der Waals surface area contributed by atoms with Gasteiger partial charge in [-0.15, -0.1) is 0 Å². The van der Waals surface area contributed by atoms with E-state index in [9.17, 15) is 14.9 Å². The highest BCUT2D eigenvalue weighted by Crippen LogP contribution is 2.16. The first-order valence-corrected chi connectivity index (χ1v) is 6.80. The van der Waals surface area contributed by atoms with Crippen molar-refractivity contribution < 1.29 is 9.72 Å². The second kappa shape index (κ2) is 6.81. The summed E-state index contributed by atoms with van der Waals surface area (Å²) in [7, 11) is 0. The van der Waals surface area contributed by atoms with Crippen LogP contribution in [0.15, 0.2) is 36.5 Å². The Kier molecular flexibility index (Phi) is 4.84. The zero-order chi connectivity index (χ0) is 16.1. The number of hydrogen-bond donors (Lipinski definition) is 2. The number of amides is 1. The Bertz CT molecular complexity index is 683. The van der Waals surface area contributed by atoms with Gasteiger partial charge in [-0.1, -0.05) is 13.0 Å². The number of hydrogen-bond acceptors (Lipinski definition) is 5. The summed E-state index contributed by atoms with van der Waals surface area (Å²) in [6, 6.07) is 7.59. The van der Waals surface area contributed by atoms with Gasteiger partial charge < -0.3 is 11.1 Å². The van der Waals surface area contributed by atoms with Gasteiger partial charge in [-0.2, -0.15) is 5.10 Å². The first-order valence-electron chi connectivity index (χ1n) is 6.80. The maximum Gasteiger partial charge on any atom is 0.271 e. The molecule has 2 rings (SSSR count). The lowest BCUT2D eigenvalue weighted by molar-refractivity contribution is -0.384. The molecule has 22 heavy (non-hydrogen) atoms. The molecule has 1 unspecified atom stereocenters. The third-order valence-corrected chi connectivity index (χ3v) is 3.14. The Morgan fingerprint density at radius 1 is 1.50 bits per heavy atom. The van der Waals surface area contributed by atoms with Crippen LogP contribution in [0.25, 0.3) is 5.69 Å². The Balaban J connectivity index is 2.12. The number of rotatable bonds is 6. The van der Waals surface area contributed by atoms with E-state index in [2.05, 4.69) is 10.4 Å². The molecule has 0 spiro atoms. The summed E-state index contributed by atoms with van der Waals surface area (Å²) in [6.07, 6.45) is 1.58. The van der Waals surface area contributed by atoms with Crippen molar-refractivity contribution in [1.82, 2.24) is 15.1 Å². The summed E-state index contributed by atoms with van der Waals surface area (Å²) >= 11 is 0. The topological polar surface area (TPSA) is 116 Å². The highest BCUT2D eigenvalue weighted by molar-refractivity contribution is 5.92. The van der Waals surface area contributed by atoms with Crippen LogP contribution in [0.2, 0.25) is 0 Å². The molecule has 0 fully saturated rings. The summed E-state index contributed by atoms with van der Waals surface area (Å²) in [6.45, 7) is 2.89. The maximum absolute atomic E-state index is 11.9. The van der Waals surface area contributed by atoms with E-state index in [-0.39, 0.29) is 23.2 Å². The average Bonchev–Trinajstić information content (AvgIpc) is 3.02. The Labute approximate surface area is 127 Å². The number of nitro groups is 1. The van der Waals surface area contributed by atoms with Gasteiger partial charge in [-0.05, 0) is 24.6 Å². The third-order valence-electron chi connectivity index (χ3n) is 3.14. The molecule has 0 aliphatic heterocycles. The second-order valence-electron chi connectivity index (χ2n) is 4.97. The van der Waals surface area contributed by atoms with E-state index in [1.54, 1.807) is 24.4 Å². The fourth-order valence-electron chi connectivity index (χ4n) is 1.78. The minimum atomic E-state index is -0.477. The number of nitrogens with two attached hydrogens (primary N) is 1. The van der Waals surface area contributed by atoms with Crippen LogP contribution in [-0.4, -0.2) is 33.7 Å². The lowest BCUT2D eigenvalue weighted by Gasteiger charge is -2.08. The lowest BCUT2D eigenvalue weighted by Crippen LogP contribution is -2.31. The molecule has 1 atom stereocenters. The average molecular weight is 303 g/mol. The number of nitrogens with one attached hydrogen (secondary N) is 1. The summed E-state index contributed by atoms with van der Waals surface area (Å²) < 4.78 is 1.42. The van der Waals surface area contributed by atoms with E-state index in [0.717, 1.165) is 0 Å². The molecule has 1 aromatic carbocycles. The van der Waals surface area contributed by atoms with E-state index in [1.807, 2.05) is 6.92 Å². The molecule has 0 aliphatic rings. The molecule has 1 aromatic heterocycles. The van der Waals surface area contributed by atoms with Gasteiger partial charge in [0.2, 0.25) is 0 Å². The second-order valence-corrected chi connectivity index (χ2v) is 4.97. The Hall–Kier alpha value is -2.74. The van der Waals surface area contributed by atoms with Crippen LogP contribution >= 0.6 is 0 Å². The highest BCUT2D eigenvalue weighted by atomic mass is 16.6. The number of carbonyl (C=O) groups excluding carboxylic acids is 1. The van der Waals surface area contributed by atoms with E-state index in [1.165, 1.54) is 16.8 Å². The van der Waals surface area contributed by atoms with E-state index >= 15 is 0 Å². The molecule has 0 bridgehead atoms. The molecule has 2 aromatic rings. The summed E-state index contributed by atoms with van der Waals surface area (Å²) in [4.78, 5) is 22.2. The predicted molar refractivity (Wildman–Crippen MR) is 80.8 cm³/mol. The van der Waals surface area contributed by atoms with Crippen molar-refractivity contribution in [3.05, 3.63) is 52.3 Å². The van der Waals surface area contributed by atoms with Crippen molar-refractivity contribution in [3.63, 3.8) is 0 Å². The van der Waals surface area contributed by atoms with E-state index in [0.29, 0.717) is 18.8 Å². The molecule has 1 amide bonds. The minimum absolute atomic E-state index is 0.0317. The van der Waals surface area contributed by atoms with Crippen LogP contribution < -0.4 is 11.1 Å². The zero-order valence-corrected chi connectivity index (χ0v) is 12.1. The van der Waals surface area contributed by atoms with Gasteiger partial charge in [0.15, 0.2) is 5.69 Å². The van der Waals surface area contributed by atoms with Crippen LogP contribution in [0.1, 0.15) is 17.4 Å².